The largest absolute Gasteiger partial charge is 0.497 e. The Morgan fingerprint density at radius 2 is 1.86 bits per heavy atom. The lowest BCUT2D eigenvalue weighted by Gasteiger charge is -2.37. The Balaban J connectivity index is 1.68. The molecule has 152 valence electrons. The molecule has 2 aromatic carbocycles. The average Bonchev–Trinajstić information content (AvgIpc) is 2.90. The third-order valence-electron chi connectivity index (χ3n) is 5.29. The van der Waals surface area contributed by atoms with Crippen molar-refractivity contribution >= 4 is 17.9 Å². The molecule has 2 aliphatic rings. The van der Waals surface area contributed by atoms with Gasteiger partial charge in [0.1, 0.15) is 17.2 Å². The van der Waals surface area contributed by atoms with Gasteiger partial charge in [-0.3, -0.25) is 0 Å². The highest BCUT2D eigenvalue weighted by molar-refractivity contribution is 5.87. The van der Waals surface area contributed by atoms with Crippen LogP contribution in [0.15, 0.2) is 36.4 Å². The number of fused-ring (bicyclic) bond motifs is 2. The maximum absolute atomic E-state index is 12.0. The van der Waals surface area contributed by atoms with Crippen LogP contribution in [0.2, 0.25) is 0 Å². The predicted octanol–water partition coefficient (Wildman–Crippen LogP) is 4.38. The molecule has 0 unspecified atom stereocenters. The van der Waals surface area contributed by atoms with Crippen LogP contribution in [0.3, 0.4) is 0 Å². The van der Waals surface area contributed by atoms with Gasteiger partial charge in [-0.2, -0.15) is 0 Å². The number of rotatable bonds is 3. The highest BCUT2D eigenvalue weighted by Gasteiger charge is 2.27. The van der Waals surface area contributed by atoms with Gasteiger partial charge < -0.3 is 24.0 Å². The summed E-state index contributed by atoms with van der Waals surface area (Å²) in [6, 6.07) is 12.1. The summed E-state index contributed by atoms with van der Waals surface area (Å²) in [4.78, 5) is 16.1. The third-order valence-corrected chi connectivity index (χ3v) is 5.29. The van der Waals surface area contributed by atoms with E-state index in [4.69, 9.17) is 14.2 Å². The Kier molecular flexibility index (Phi) is 5.34. The Labute approximate surface area is 171 Å². The minimum Gasteiger partial charge on any atom is -0.497 e. The van der Waals surface area contributed by atoms with Crippen molar-refractivity contribution in [3.8, 4) is 17.2 Å². The average molecular weight is 394 g/mol. The zero-order valence-corrected chi connectivity index (χ0v) is 17.1. The number of ether oxygens (including phenoxy) is 3. The molecule has 6 nitrogen and oxygen atoms in total. The molecule has 1 amide bonds. The topological polar surface area (TPSA) is 51.2 Å². The standard InChI is InChI=1S/C23H26N2O4/c1-4-28-23(26)25-11-9-24(10-12-25)20-14-17-6-7-18(27-3)15-22(17)29-21-8-5-16(2)13-19(20)21/h5-8,13-15H,4,9-12H2,1-3H3. The summed E-state index contributed by atoms with van der Waals surface area (Å²) in [5, 5.41) is 0. The SMILES string of the molecule is CCOC(=O)N1CCN(C2=Cc3ccc(OC)cc3Oc3ccc(C)cc32)CC1. The van der Waals surface area contributed by atoms with Crippen molar-refractivity contribution in [3.63, 3.8) is 0 Å². The summed E-state index contributed by atoms with van der Waals surface area (Å²) in [6.07, 6.45) is 1.93. The molecule has 2 heterocycles. The molecule has 0 N–H and O–H groups in total. The molecular formula is C23H26N2O4. The molecule has 2 aromatic rings. The lowest BCUT2D eigenvalue weighted by Crippen LogP contribution is -2.48. The van der Waals surface area contributed by atoms with Crippen molar-refractivity contribution in [1.29, 1.82) is 0 Å². The maximum Gasteiger partial charge on any atom is 0.409 e. The van der Waals surface area contributed by atoms with Gasteiger partial charge >= 0.3 is 6.09 Å². The molecule has 2 aliphatic heterocycles. The van der Waals surface area contributed by atoms with E-state index in [9.17, 15) is 4.79 Å². The van der Waals surface area contributed by atoms with E-state index < -0.39 is 0 Å². The molecule has 1 fully saturated rings. The van der Waals surface area contributed by atoms with Crippen molar-refractivity contribution in [2.45, 2.75) is 13.8 Å². The summed E-state index contributed by atoms with van der Waals surface area (Å²) >= 11 is 0. The van der Waals surface area contributed by atoms with E-state index in [2.05, 4.69) is 30.0 Å². The van der Waals surface area contributed by atoms with Crippen molar-refractivity contribution in [2.24, 2.45) is 0 Å². The summed E-state index contributed by atoms with van der Waals surface area (Å²) in [6.45, 7) is 7.05. The molecule has 0 spiro atoms. The number of piperazine rings is 1. The summed E-state index contributed by atoms with van der Waals surface area (Å²) in [7, 11) is 1.65. The van der Waals surface area contributed by atoms with E-state index in [0.29, 0.717) is 19.7 Å². The van der Waals surface area contributed by atoms with Gasteiger partial charge in [0.15, 0.2) is 0 Å². The van der Waals surface area contributed by atoms with E-state index in [1.165, 1.54) is 5.56 Å². The van der Waals surface area contributed by atoms with Gasteiger partial charge in [0.2, 0.25) is 0 Å². The number of aryl methyl sites for hydroxylation is 1. The molecule has 0 aromatic heterocycles. The Morgan fingerprint density at radius 1 is 1.07 bits per heavy atom. The number of methoxy groups -OCH3 is 1. The number of carbonyl (C=O) groups excluding carboxylic acids is 1. The zero-order chi connectivity index (χ0) is 20.4. The van der Waals surface area contributed by atoms with Crippen LogP contribution in [-0.4, -0.2) is 55.8 Å². The van der Waals surface area contributed by atoms with Gasteiger partial charge in [0, 0.05) is 49.1 Å². The number of benzene rings is 2. The van der Waals surface area contributed by atoms with Gasteiger partial charge in [-0.25, -0.2) is 4.79 Å². The lowest BCUT2D eigenvalue weighted by molar-refractivity contribution is 0.0907. The van der Waals surface area contributed by atoms with Crippen LogP contribution in [-0.2, 0) is 4.74 Å². The van der Waals surface area contributed by atoms with Crippen molar-refractivity contribution < 1.29 is 19.0 Å². The number of carbonyl (C=O) groups is 1. The van der Waals surface area contributed by atoms with Crippen molar-refractivity contribution in [3.05, 3.63) is 53.1 Å². The second kappa shape index (κ2) is 8.07. The van der Waals surface area contributed by atoms with E-state index in [-0.39, 0.29) is 6.09 Å². The molecule has 0 atom stereocenters. The summed E-state index contributed by atoms with van der Waals surface area (Å²) in [5.74, 6) is 2.36. The smallest absolute Gasteiger partial charge is 0.409 e. The van der Waals surface area contributed by atoms with E-state index in [1.54, 1.807) is 12.0 Å². The minimum atomic E-state index is -0.237. The Morgan fingerprint density at radius 3 is 2.59 bits per heavy atom. The van der Waals surface area contributed by atoms with Gasteiger partial charge in [0.05, 0.1) is 13.7 Å². The predicted molar refractivity (Wildman–Crippen MR) is 112 cm³/mol. The van der Waals surface area contributed by atoms with Crippen LogP contribution in [0.5, 0.6) is 17.2 Å². The summed E-state index contributed by atoms with van der Waals surface area (Å²) in [5.41, 5.74) is 4.34. The first-order valence-corrected chi connectivity index (χ1v) is 9.94. The number of hydrogen-bond acceptors (Lipinski definition) is 5. The highest BCUT2D eigenvalue weighted by Crippen LogP contribution is 2.41. The first-order valence-electron chi connectivity index (χ1n) is 9.94. The fraction of sp³-hybridized carbons (Fsp3) is 0.348. The maximum atomic E-state index is 12.0. The van der Waals surface area contributed by atoms with Crippen LogP contribution < -0.4 is 9.47 Å². The molecule has 6 heteroatoms. The Hall–Kier alpha value is -3.15. The quantitative estimate of drug-likeness (QED) is 0.773. The van der Waals surface area contributed by atoms with Crippen molar-refractivity contribution in [2.75, 3.05) is 39.9 Å². The van der Waals surface area contributed by atoms with Gasteiger partial charge in [-0.1, -0.05) is 11.6 Å². The van der Waals surface area contributed by atoms with E-state index >= 15 is 0 Å². The molecule has 29 heavy (non-hydrogen) atoms. The molecule has 4 rings (SSSR count). The lowest BCUT2D eigenvalue weighted by atomic mass is 10.0. The monoisotopic (exact) mass is 394 g/mol. The van der Waals surface area contributed by atoms with Gasteiger partial charge in [-0.15, -0.1) is 0 Å². The minimum absolute atomic E-state index is 0.237. The first-order chi connectivity index (χ1) is 14.1. The van der Waals surface area contributed by atoms with Gasteiger partial charge in [0.25, 0.3) is 0 Å². The normalized spacial score (nSPS) is 15.5. The van der Waals surface area contributed by atoms with Crippen LogP contribution in [0, 0.1) is 6.92 Å². The zero-order valence-electron chi connectivity index (χ0n) is 17.1. The van der Waals surface area contributed by atoms with E-state index in [0.717, 1.165) is 47.2 Å². The number of hydrogen-bond donors (Lipinski definition) is 0. The van der Waals surface area contributed by atoms with Crippen LogP contribution >= 0.6 is 0 Å². The number of nitrogens with zero attached hydrogens (tertiary/aromatic N) is 2. The molecule has 1 saturated heterocycles. The molecular weight excluding hydrogens is 368 g/mol. The third kappa shape index (κ3) is 3.88. The van der Waals surface area contributed by atoms with Crippen LogP contribution in [0.4, 0.5) is 4.79 Å². The van der Waals surface area contributed by atoms with Crippen LogP contribution in [0.25, 0.3) is 11.8 Å². The highest BCUT2D eigenvalue weighted by atomic mass is 16.6. The second-order valence-corrected chi connectivity index (χ2v) is 7.21. The summed E-state index contributed by atoms with van der Waals surface area (Å²) < 4.78 is 16.8. The van der Waals surface area contributed by atoms with Gasteiger partial charge in [-0.05, 0) is 44.2 Å². The Bertz CT molecular complexity index is 946. The molecule has 0 radical (unpaired) electrons. The fourth-order valence-corrected chi connectivity index (χ4v) is 3.73. The first kappa shape index (κ1) is 19.2. The second-order valence-electron chi connectivity index (χ2n) is 7.21. The molecule has 0 aliphatic carbocycles. The number of amides is 1. The fourth-order valence-electron chi connectivity index (χ4n) is 3.73. The molecule has 0 saturated carbocycles. The van der Waals surface area contributed by atoms with Crippen LogP contribution in [0.1, 0.15) is 23.6 Å². The van der Waals surface area contributed by atoms with Crippen molar-refractivity contribution in [1.82, 2.24) is 9.80 Å². The molecule has 0 bridgehead atoms. The van der Waals surface area contributed by atoms with E-state index in [1.807, 2.05) is 31.2 Å².